The molecule has 21 heavy (non-hydrogen) atoms. The minimum atomic E-state index is -0.685. The zero-order chi connectivity index (χ0) is 14.7. The number of hydrogen-bond donors (Lipinski definition) is 1. The maximum Gasteiger partial charge on any atom is 0.307 e. The Morgan fingerprint density at radius 1 is 1.52 bits per heavy atom. The van der Waals surface area contributed by atoms with Crippen LogP contribution in [0.15, 0.2) is 29.9 Å². The topological polar surface area (TPSA) is 66.3 Å². The van der Waals surface area contributed by atoms with Crippen LogP contribution in [0, 0.1) is 5.92 Å². The van der Waals surface area contributed by atoms with Gasteiger partial charge < -0.3 is 5.11 Å². The third-order valence-electron chi connectivity index (χ3n) is 3.72. The summed E-state index contributed by atoms with van der Waals surface area (Å²) in [6, 6.07) is 3.89. The van der Waals surface area contributed by atoms with Gasteiger partial charge in [-0.05, 0) is 31.5 Å². The van der Waals surface area contributed by atoms with E-state index in [-0.39, 0.29) is 5.92 Å². The lowest BCUT2D eigenvalue weighted by atomic mass is 9.98. The molecule has 2 aromatic rings. The maximum atomic E-state index is 11.1. The lowest BCUT2D eigenvalue weighted by Crippen LogP contribution is -2.38. The number of carboxylic acids is 1. The van der Waals surface area contributed by atoms with Crippen LogP contribution in [0.2, 0.25) is 0 Å². The fourth-order valence-corrected chi connectivity index (χ4v) is 3.47. The number of carboxylic acid groups (broad SMARTS) is 1. The Balaban J connectivity index is 1.66. The van der Waals surface area contributed by atoms with Gasteiger partial charge in [0, 0.05) is 29.9 Å². The Labute approximate surface area is 127 Å². The van der Waals surface area contributed by atoms with Gasteiger partial charge >= 0.3 is 5.97 Å². The third kappa shape index (κ3) is 3.46. The van der Waals surface area contributed by atoms with Gasteiger partial charge in [-0.2, -0.15) is 0 Å². The van der Waals surface area contributed by atoms with E-state index in [9.17, 15) is 4.79 Å². The molecule has 1 aliphatic heterocycles. The second-order valence-corrected chi connectivity index (χ2v) is 6.22. The number of aromatic nitrogens is 2. The minimum absolute atomic E-state index is 0.239. The summed E-state index contributed by atoms with van der Waals surface area (Å²) in [4.78, 5) is 22.0. The van der Waals surface area contributed by atoms with E-state index in [4.69, 9.17) is 5.11 Å². The first kappa shape index (κ1) is 14.2. The number of nitrogens with zero attached hydrogens (tertiary/aromatic N) is 3. The van der Waals surface area contributed by atoms with Crippen molar-refractivity contribution in [2.75, 3.05) is 13.1 Å². The summed E-state index contributed by atoms with van der Waals surface area (Å²) in [5.41, 5.74) is 1.96. The van der Waals surface area contributed by atoms with Crippen LogP contribution in [0.5, 0.6) is 0 Å². The summed E-state index contributed by atoms with van der Waals surface area (Å²) in [6.45, 7) is 2.30. The second kappa shape index (κ2) is 6.32. The molecule has 1 saturated heterocycles. The van der Waals surface area contributed by atoms with E-state index in [0.29, 0.717) is 6.54 Å². The third-order valence-corrected chi connectivity index (χ3v) is 4.56. The predicted octanol–water partition coefficient (Wildman–Crippen LogP) is 2.50. The number of carbonyl (C=O) groups is 1. The maximum absolute atomic E-state index is 11.1. The standard InChI is InChI=1S/C15H17N3O2S/c19-15(20)12-4-2-6-18(8-12)9-14-17-13(10-21-14)11-3-1-5-16-7-11/h1,3,5,7,10,12H,2,4,6,8-9H2,(H,19,20). The summed E-state index contributed by atoms with van der Waals surface area (Å²) in [5.74, 6) is -0.925. The zero-order valence-corrected chi connectivity index (χ0v) is 12.4. The van der Waals surface area contributed by atoms with Gasteiger partial charge in [0.1, 0.15) is 5.01 Å². The van der Waals surface area contributed by atoms with Crippen LogP contribution in [0.25, 0.3) is 11.3 Å². The van der Waals surface area contributed by atoms with E-state index in [1.165, 1.54) is 0 Å². The number of aliphatic carboxylic acids is 1. The van der Waals surface area contributed by atoms with Crippen LogP contribution >= 0.6 is 11.3 Å². The lowest BCUT2D eigenvalue weighted by molar-refractivity contribution is -0.143. The molecule has 3 heterocycles. The number of pyridine rings is 1. The van der Waals surface area contributed by atoms with E-state index in [1.807, 2.05) is 17.5 Å². The summed E-state index contributed by atoms with van der Waals surface area (Å²) in [6.07, 6.45) is 5.28. The van der Waals surface area contributed by atoms with Crippen LogP contribution in [-0.4, -0.2) is 39.0 Å². The van der Waals surface area contributed by atoms with Crippen molar-refractivity contribution in [2.24, 2.45) is 5.92 Å². The van der Waals surface area contributed by atoms with Gasteiger partial charge in [-0.3, -0.25) is 14.7 Å². The second-order valence-electron chi connectivity index (χ2n) is 5.28. The fraction of sp³-hybridized carbons (Fsp3) is 0.400. The van der Waals surface area contributed by atoms with Crippen molar-refractivity contribution in [3.8, 4) is 11.3 Å². The SMILES string of the molecule is O=C(O)C1CCCN(Cc2nc(-c3cccnc3)cs2)C1. The smallest absolute Gasteiger partial charge is 0.307 e. The highest BCUT2D eigenvalue weighted by Gasteiger charge is 2.25. The van der Waals surface area contributed by atoms with Crippen LogP contribution in [0.4, 0.5) is 0 Å². The summed E-state index contributed by atoms with van der Waals surface area (Å²) < 4.78 is 0. The molecule has 0 amide bonds. The molecule has 1 fully saturated rings. The molecule has 1 unspecified atom stereocenters. The zero-order valence-electron chi connectivity index (χ0n) is 11.6. The van der Waals surface area contributed by atoms with Crippen molar-refractivity contribution in [1.29, 1.82) is 0 Å². The predicted molar refractivity (Wildman–Crippen MR) is 81.0 cm³/mol. The van der Waals surface area contributed by atoms with Crippen molar-refractivity contribution >= 4 is 17.3 Å². The van der Waals surface area contributed by atoms with E-state index in [0.717, 1.165) is 42.2 Å². The molecule has 1 atom stereocenters. The highest BCUT2D eigenvalue weighted by Crippen LogP contribution is 2.24. The first-order valence-electron chi connectivity index (χ1n) is 7.02. The van der Waals surface area contributed by atoms with Gasteiger partial charge in [-0.15, -0.1) is 11.3 Å². The number of rotatable bonds is 4. The normalized spacial score (nSPS) is 19.5. The molecule has 0 radical (unpaired) electrons. The molecule has 110 valence electrons. The molecule has 1 N–H and O–H groups in total. The number of hydrogen-bond acceptors (Lipinski definition) is 5. The fourth-order valence-electron chi connectivity index (χ4n) is 2.62. The van der Waals surface area contributed by atoms with Crippen molar-refractivity contribution in [2.45, 2.75) is 19.4 Å². The molecule has 2 aromatic heterocycles. The van der Waals surface area contributed by atoms with Gasteiger partial charge in [0.25, 0.3) is 0 Å². The molecule has 0 spiro atoms. The van der Waals surface area contributed by atoms with E-state index in [1.54, 1.807) is 23.7 Å². The largest absolute Gasteiger partial charge is 0.481 e. The lowest BCUT2D eigenvalue weighted by Gasteiger charge is -2.29. The number of piperidine rings is 1. The average molecular weight is 303 g/mol. The highest BCUT2D eigenvalue weighted by atomic mass is 32.1. The van der Waals surface area contributed by atoms with Crippen LogP contribution in [0.3, 0.4) is 0 Å². The van der Waals surface area contributed by atoms with Gasteiger partial charge in [0.05, 0.1) is 18.2 Å². The molecule has 0 saturated carbocycles. The first-order valence-corrected chi connectivity index (χ1v) is 7.90. The average Bonchev–Trinajstić information content (AvgIpc) is 2.97. The molecule has 6 heteroatoms. The van der Waals surface area contributed by atoms with Crippen LogP contribution in [-0.2, 0) is 11.3 Å². The Morgan fingerprint density at radius 2 is 2.43 bits per heavy atom. The molecular weight excluding hydrogens is 286 g/mol. The van der Waals surface area contributed by atoms with Gasteiger partial charge in [0.2, 0.25) is 0 Å². The van der Waals surface area contributed by atoms with Crippen molar-refractivity contribution < 1.29 is 9.90 Å². The highest BCUT2D eigenvalue weighted by molar-refractivity contribution is 7.09. The van der Waals surface area contributed by atoms with Gasteiger partial charge in [0.15, 0.2) is 0 Å². The Kier molecular flexibility index (Phi) is 4.26. The van der Waals surface area contributed by atoms with Crippen molar-refractivity contribution in [3.05, 3.63) is 34.9 Å². The number of likely N-dealkylation sites (tertiary alicyclic amines) is 1. The molecule has 0 bridgehead atoms. The Hall–Kier alpha value is -1.79. The van der Waals surface area contributed by atoms with E-state index >= 15 is 0 Å². The van der Waals surface area contributed by atoms with Crippen LogP contribution < -0.4 is 0 Å². The monoisotopic (exact) mass is 303 g/mol. The molecule has 0 aliphatic carbocycles. The van der Waals surface area contributed by atoms with Crippen molar-refractivity contribution in [1.82, 2.24) is 14.9 Å². The Morgan fingerprint density at radius 3 is 3.19 bits per heavy atom. The molecule has 5 nitrogen and oxygen atoms in total. The summed E-state index contributed by atoms with van der Waals surface area (Å²) in [5, 5.41) is 12.2. The minimum Gasteiger partial charge on any atom is -0.481 e. The Bertz CT molecular complexity index is 614. The van der Waals surface area contributed by atoms with Gasteiger partial charge in [-0.1, -0.05) is 0 Å². The molecule has 1 aliphatic rings. The summed E-state index contributed by atoms with van der Waals surface area (Å²) in [7, 11) is 0. The summed E-state index contributed by atoms with van der Waals surface area (Å²) >= 11 is 1.62. The van der Waals surface area contributed by atoms with Crippen LogP contribution in [0.1, 0.15) is 17.8 Å². The molecular formula is C15H17N3O2S. The van der Waals surface area contributed by atoms with E-state index in [2.05, 4.69) is 14.9 Å². The van der Waals surface area contributed by atoms with Gasteiger partial charge in [-0.25, -0.2) is 4.98 Å². The first-order chi connectivity index (χ1) is 10.2. The van der Waals surface area contributed by atoms with Crippen molar-refractivity contribution in [3.63, 3.8) is 0 Å². The quantitative estimate of drug-likeness (QED) is 0.940. The molecule has 3 rings (SSSR count). The number of thiazole rings is 1. The molecule has 0 aromatic carbocycles. The van der Waals surface area contributed by atoms with E-state index < -0.39 is 5.97 Å².